The van der Waals surface area contributed by atoms with Crippen molar-refractivity contribution < 1.29 is 9.59 Å². The van der Waals surface area contributed by atoms with Gasteiger partial charge < -0.3 is 10.6 Å². The third-order valence-corrected chi connectivity index (χ3v) is 4.98. The Hall–Kier alpha value is -3.44. The molecule has 160 valence electrons. The van der Waals surface area contributed by atoms with E-state index in [1.54, 1.807) is 0 Å². The van der Waals surface area contributed by atoms with Crippen LogP contribution in [0.2, 0.25) is 0 Å². The molecule has 3 rings (SSSR count). The predicted octanol–water partition coefficient (Wildman–Crippen LogP) is 5.10. The molecule has 0 aliphatic carbocycles. The molecule has 2 N–H and O–H groups in total. The first-order chi connectivity index (χ1) is 15.0. The van der Waals surface area contributed by atoms with Gasteiger partial charge in [0.1, 0.15) is 0 Å². The van der Waals surface area contributed by atoms with Crippen LogP contribution in [0.4, 0.5) is 11.4 Å². The molecule has 0 atom stereocenters. The summed E-state index contributed by atoms with van der Waals surface area (Å²) in [7, 11) is 0. The van der Waals surface area contributed by atoms with E-state index < -0.39 is 0 Å². The Bertz CT molecular complexity index is 1000. The highest BCUT2D eigenvalue weighted by Gasteiger charge is 2.13. The zero-order valence-electron chi connectivity index (χ0n) is 18.1. The third-order valence-electron chi connectivity index (χ3n) is 4.98. The van der Waals surface area contributed by atoms with E-state index in [-0.39, 0.29) is 11.8 Å². The number of carbonyl (C=O) groups excluding carboxylic acids is 2. The van der Waals surface area contributed by atoms with Crippen molar-refractivity contribution in [3.8, 4) is 0 Å². The molecule has 0 aliphatic rings. The van der Waals surface area contributed by atoms with Crippen LogP contribution in [-0.4, -0.2) is 29.8 Å². The molecule has 0 bridgehead atoms. The summed E-state index contributed by atoms with van der Waals surface area (Å²) in [5, 5.41) is 5.89. The number of carbonyl (C=O) groups is 2. The number of benzene rings is 3. The number of para-hydroxylation sites is 2. The van der Waals surface area contributed by atoms with Gasteiger partial charge in [-0.2, -0.15) is 0 Å². The number of amides is 2. The molecule has 31 heavy (non-hydrogen) atoms. The predicted molar refractivity (Wildman–Crippen MR) is 126 cm³/mol. The monoisotopic (exact) mass is 415 g/mol. The van der Waals surface area contributed by atoms with Crippen LogP contribution in [0.1, 0.15) is 34.8 Å². The summed E-state index contributed by atoms with van der Waals surface area (Å²) in [5.74, 6) is -0.164. The molecule has 0 fully saturated rings. The lowest BCUT2D eigenvalue weighted by Gasteiger charge is -2.21. The number of hydrogen-bond acceptors (Lipinski definition) is 3. The molecular formula is C26H29N3O2. The second-order valence-corrected chi connectivity index (χ2v) is 7.59. The SMILES string of the molecule is CCCN(CC(=O)Nc1ccccc1C)Cc1ccc(C(=O)Nc2ccccc2)cc1. The first kappa shape index (κ1) is 22.2. The minimum absolute atomic E-state index is 0.0263. The summed E-state index contributed by atoms with van der Waals surface area (Å²) < 4.78 is 0. The summed E-state index contributed by atoms with van der Waals surface area (Å²) in [6.45, 7) is 5.86. The van der Waals surface area contributed by atoms with Crippen LogP contribution < -0.4 is 10.6 Å². The Morgan fingerprint density at radius 1 is 0.839 bits per heavy atom. The highest BCUT2D eigenvalue weighted by atomic mass is 16.2. The quantitative estimate of drug-likeness (QED) is 0.511. The minimum atomic E-state index is -0.138. The molecule has 5 nitrogen and oxygen atoms in total. The molecule has 3 aromatic rings. The first-order valence-electron chi connectivity index (χ1n) is 10.6. The molecule has 0 saturated heterocycles. The average molecular weight is 416 g/mol. The number of aryl methyl sites for hydroxylation is 1. The molecule has 0 unspecified atom stereocenters. The molecule has 5 heteroatoms. The van der Waals surface area contributed by atoms with Gasteiger partial charge in [0, 0.05) is 23.5 Å². The highest BCUT2D eigenvalue weighted by Crippen LogP contribution is 2.14. The third kappa shape index (κ3) is 6.79. The fourth-order valence-electron chi connectivity index (χ4n) is 3.38. The van der Waals surface area contributed by atoms with E-state index in [9.17, 15) is 9.59 Å². The molecular weight excluding hydrogens is 386 g/mol. The minimum Gasteiger partial charge on any atom is -0.325 e. The second-order valence-electron chi connectivity index (χ2n) is 7.59. The Morgan fingerprint density at radius 2 is 1.52 bits per heavy atom. The summed E-state index contributed by atoms with van der Waals surface area (Å²) in [4.78, 5) is 27.1. The van der Waals surface area contributed by atoms with E-state index in [2.05, 4.69) is 22.5 Å². The van der Waals surface area contributed by atoms with Crippen LogP contribution in [0.5, 0.6) is 0 Å². The van der Waals surface area contributed by atoms with E-state index >= 15 is 0 Å². The Kier molecular flexibility index (Phi) is 7.96. The summed E-state index contributed by atoms with van der Waals surface area (Å²) in [6.07, 6.45) is 0.954. The normalized spacial score (nSPS) is 10.7. The lowest BCUT2D eigenvalue weighted by atomic mass is 10.1. The van der Waals surface area contributed by atoms with Gasteiger partial charge in [-0.25, -0.2) is 0 Å². The van der Waals surface area contributed by atoms with E-state index in [0.29, 0.717) is 18.7 Å². The Labute approximate surface area is 184 Å². The molecule has 0 saturated carbocycles. The van der Waals surface area contributed by atoms with Gasteiger partial charge in [-0.1, -0.05) is 55.5 Å². The van der Waals surface area contributed by atoms with Crippen LogP contribution in [0.15, 0.2) is 78.9 Å². The summed E-state index contributed by atoms with van der Waals surface area (Å²) in [5.41, 5.74) is 4.32. The van der Waals surface area contributed by atoms with Crippen molar-refractivity contribution in [1.82, 2.24) is 4.90 Å². The van der Waals surface area contributed by atoms with Crippen LogP contribution in [-0.2, 0) is 11.3 Å². The standard InChI is InChI=1S/C26H29N3O2/c1-3-17-29(19-25(30)28-24-12-8-7-9-20(24)2)18-21-13-15-22(16-14-21)26(31)27-23-10-5-4-6-11-23/h4-16H,3,17-19H2,1-2H3,(H,27,31)(H,28,30). The smallest absolute Gasteiger partial charge is 0.255 e. The van der Waals surface area contributed by atoms with Gasteiger partial charge in [0.2, 0.25) is 5.91 Å². The van der Waals surface area contributed by atoms with Crippen molar-refractivity contribution in [1.29, 1.82) is 0 Å². The zero-order valence-corrected chi connectivity index (χ0v) is 18.1. The van der Waals surface area contributed by atoms with Crippen molar-refractivity contribution in [3.63, 3.8) is 0 Å². The first-order valence-corrected chi connectivity index (χ1v) is 10.6. The fourth-order valence-corrected chi connectivity index (χ4v) is 3.38. The van der Waals surface area contributed by atoms with Gasteiger partial charge in [0.25, 0.3) is 5.91 Å². The highest BCUT2D eigenvalue weighted by molar-refractivity contribution is 6.04. The van der Waals surface area contributed by atoms with E-state index in [1.165, 1.54) is 0 Å². The van der Waals surface area contributed by atoms with Crippen molar-refractivity contribution in [2.24, 2.45) is 0 Å². The maximum atomic E-state index is 12.6. The van der Waals surface area contributed by atoms with Crippen LogP contribution in [0.3, 0.4) is 0 Å². The van der Waals surface area contributed by atoms with Gasteiger partial charge in [-0.3, -0.25) is 14.5 Å². The van der Waals surface area contributed by atoms with Crippen molar-refractivity contribution in [3.05, 3.63) is 95.6 Å². The lowest BCUT2D eigenvalue weighted by molar-refractivity contribution is -0.117. The van der Waals surface area contributed by atoms with Gasteiger partial charge in [0.15, 0.2) is 0 Å². The number of nitrogens with one attached hydrogen (secondary N) is 2. The summed E-state index contributed by atoms with van der Waals surface area (Å²) >= 11 is 0. The molecule has 0 spiro atoms. The number of nitrogens with zero attached hydrogens (tertiary/aromatic N) is 1. The van der Waals surface area contributed by atoms with Crippen LogP contribution >= 0.6 is 0 Å². The van der Waals surface area contributed by atoms with Gasteiger partial charge in [0.05, 0.1) is 6.54 Å². The Morgan fingerprint density at radius 3 is 2.19 bits per heavy atom. The molecule has 0 aliphatic heterocycles. The molecule has 0 radical (unpaired) electrons. The van der Waals surface area contributed by atoms with E-state index in [1.807, 2.05) is 85.8 Å². The zero-order chi connectivity index (χ0) is 22.1. The fraction of sp³-hybridized carbons (Fsp3) is 0.231. The van der Waals surface area contributed by atoms with E-state index in [4.69, 9.17) is 0 Å². The molecule has 2 amide bonds. The van der Waals surface area contributed by atoms with Gasteiger partial charge >= 0.3 is 0 Å². The Balaban J connectivity index is 1.58. The number of hydrogen-bond donors (Lipinski definition) is 2. The molecule has 0 heterocycles. The molecule has 3 aromatic carbocycles. The second kappa shape index (κ2) is 11.1. The molecule has 0 aromatic heterocycles. The lowest BCUT2D eigenvalue weighted by Crippen LogP contribution is -2.33. The topological polar surface area (TPSA) is 61.4 Å². The largest absolute Gasteiger partial charge is 0.325 e. The van der Waals surface area contributed by atoms with Crippen molar-refractivity contribution >= 4 is 23.2 Å². The van der Waals surface area contributed by atoms with Crippen molar-refractivity contribution in [2.45, 2.75) is 26.8 Å². The summed E-state index contributed by atoms with van der Waals surface area (Å²) in [6, 6.07) is 24.7. The van der Waals surface area contributed by atoms with Gasteiger partial charge in [-0.15, -0.1) is 0 Å². The number of anilines is 2. The van der Waals surface area contributed by atoms with Crippen LogP contribution in [0, 0.1) is 6.92 Å². The number of rotatable bonds is 9. The van der Waals surface area contributed by atoms with E-state index in [0.717, 1.165) is 35.5 Å². The maximum absolute atomic E-state index is 12.6. The van der Waals surface area contributed by atoms with Gasteiger partial charge in [-0.05, 0) is 61.3 Å². The average Bonchev–Trinajstić information content (AvgIpc) is 2.76. The van der Waals surface area contributed by atoms with Crippen LogP contribution in [0.25, 0.3) is 0 Å². The van der Waals surface area contributed by atoms with Crippen molar-refractivity contribution in [2.75, 3.05) is 23.7 Å². The maximum Gasteiger partial charge on any atom is 0.255 e.